The summed E-state index contributed by atoms with van der Waals surface area (Å²) in [6.45, 7) is 3.30. The van der Waals surface area contributed by atoms with Crippen LogP contribution < -0.4 is 4.90 Å². The number of aldehydes is 1. The lowest BCUT2D eigenvalue weighted by Gasteiger charge is -2.27. The molecule has 80 valence electrons. The van der Waals surface area contributed by atoms with Crippen molar-refractivity contribution >= 4 is 12.1 Å². The molecule has 2 rings (SSSR count). The molecule has 0 spiro atoms. The normalized spacial score (nSPS) is 16.4. The van der Waals surface area contributed by atoms with Crippen LogP contribution in [0.3, 0.4) is 0 Å². The maximum absolute atomic E-state index is 10.3. The van der Waals surface area contributed by atoms with E-state index in [2.05, 4.69) is 9.88 Å². The molecule has 1 aliphatic rings. The van der Waals surface area contributed by atoms with Gasteiger partial charge >= 0.3 is 0 Å². The van der Waals surface area contributed by atoms with Crippen molar-refractivity contribution in [1.29, 1.82) is 0 Å². The molecule has 1 aliphatic heterocycles. The highest BCUT2D eigenvalue weighted by Crippen LogP contribution is 2.12. The second-order valence-corrected chi connectivity index (χ2v) is 3.49. The fourth-order valence-electron chi connectivity index (χ4n) is 1.61. The minimum Gasteiger partial charge on any atom is -0.378 e. The van der Waals surface area contributed by atoms with E-state index in [0.29, 0.717) is 6.42 Å². The van der Waals surface area contributed by atoms with Gasteiger partial charge in [0.25, 0.3) is 0 Å². The highest BCUT2D eigenvalue weighted by atomic mass is 16.5. The van der Waals surface area contributed by atoms with Gasteiger partial charge < -0.3 is 14.4 Å². The average Bonchev–Trinajstić information content (AvgIpc) is 2.32. The number of ether oxygens (including phenoxy) is 1. The van der Waals surface area contributed by atoms with Gasteiger partial charge in [0.1, 0.15) is 12.1 Å². The number of morpholine rings is 1. The van der Waals surface area contributed by atoms with Crippen molar-refractivity contribution in [3.8, 4) is 0 Å². The number of pyridine rings is 1. The number of aromatic nitrogens is 1. The molecule has 0 bridgehead atoms. The van der Waals surface area contributed by atoms with Gasteiger partial charge in [-0.05, 0) is 11.6 Å². The minimum absolute atomic E-state index is 0.441. The third-order valence-corrected chi connectivity index (χ3v) is 2.46. The van der Waals surface area contributed by atoms with Crippen molar-refractivity contribution in [2.75, 3.05) is 31.2 Å². The van der Waals surface area contributed by atoms with Crippen LogP contribution in [-0.2, 0) is 16.0 Å². The van der Waals surface area contributed by atoms with Crippen LogP contribution in [0, 0.1) is 0 Å². The van der Waals surface area contributed by atoms with Crippen molar-refractivity contribution in [1.82, 2.24) is 4.98 Å². The fourth-order valence-corrected chi connectivity index (χ4v) is 1.61. The molecule has 0 N–H and O–H groups in total. The molecule has 2 heterocycles. The lowest BCUT2D eigenvalue weighted by Crippen LogP contribution is -2.36. The van der Waals surface area contributed by atoms with E-state index in [-0.39, 0.29) is 0 Å². The molecule has 0 aromatic carbocycles. The molecule has 4 heteroatoms. The third-order valence-electron chi connectivity index (χ3n) is 2.46. The van der Waals surface area contributed by atoms with Gasteiger partial charge in [-0.1, -0.05) is 6.07 Å². The van der Waals surface area contributed by atoms with Gasteiger partial charge in [0.2, 0.25) is 0 Å². The van der Waals surface area contributed by atoms with Crippen molar-refractivity contribution in [2.24, 2.45) is 0 Å². The summed E-state index contributed by atoms with van der Waals surface area (Å²) in [7, 11) is 0. The Labute approximate surface area is 88.9 Å². The van der Waals surface area contributed by atoms with Gasteiger partial charge in [0, 0.05) is 25.7 Å². The van der Waals surface area contributed by atoms with Crippen LogP contribution in [0.25, 0.3) is 0 Å². The van der Waals surface area contributed by atoms with Gasteiger partial charge in [-0.2, -0.15) is 0 Å². The van der Waals surface area contributed by atoms with Crippen LogP contribution in [0.5, 0.6) is 0 Å². The summed E-state index contributed by atoms with van der Waals surface area (Å²) in [5, 5.41) is 0. The van der Waals surface area contributed by atoms with Crippen molar-refractivity contribution < 1.29 is 9.53 Å². The standard InChI is InChI=1S/C11H14N2O2/c14-6-3-10-1-2-11(12-9-10)13-4-7-15-8-5-13/h1-2,6,9H,3-5,7-8H2. The van der Waals surface area contributed by atoms with Gasteiger partial charge in [-0.15, -0.1) is 0 Å². The predicted octanol–water partition coefficient (Wildman–Crippen LogP) is 0.660. The SMILES string of the molecule is O=CCc1ccc(N2CCOCC2)nc1. The smallest absolute Gasteiger partial charge is 0.128 e. The van der Waals surface area contributed by atoms with E-state index in [1.165, 1.54) is 0 Å². The first-order chi connectivity index (χ1) is 7.40. The van der Waals surface area contributed by atoms with Gasteiger partial charge in [0.05, 0.1) is 13.2 Å². The van der Waals surface area contributed by atoms with Gasteiger partial charge in [-0.3, -0.25) is 0 Å². The van der Waals surface area contributed by atoms with Crippen LogP contribution in [0.4, 0.5) is 5.82 Å². The topological polar surface area (TPSA) is 42.4 Å². The Morgan fingerprint density at radius 1 is 1.40 bits per heavy atom. The minimum atomic E-state index is 0.441. The van der Waals surface area contributed by atoms with Crippen LogP contribution in [0.1, 0.15) is 5.56 Å². The zero-order chi connectivity index (χ0) is 10.5. The van der Waals surface area contributed by atoms with Gasteiger partial charge in [-0.25, -0.2) is 4.98 Å². The van der Waals surface area contributed by atoms with E-state index < -0.39 is 0 Å². The highest BCUT2D eigenvalue weighted by molar-refractivity contribution is 5.55. The zero-order valence-electron chi connectivity index (χ0n) is 8.56. The Balaban J connectivity index is 2.04. The first-order valence-corrected chi connectivity index (χ1v) is 5.11. The second kappa shape index (κ2) is 4.89. The van der Waals surface area contributed by atoms with E-state index in [0.717, 1.165) is 44.0 Å². The Kier molecular flexibility index (Phi) is 3.29. The van der Waals surface area contributed by atoms with Crippen molar-refractivity contribution in [2.45, 2.75) is 6.42 Å². The molecule has 0 unspecified atom stereocenters. The van der Waals surface area contributed by atoms with E-state index in [9.17, 15) is 4.79 Å². The largest absolute Gasteiger partial charge is 0.378 e. The molecule has 1 fully saturated rings. The molecule has 1 aromatic heterocycles. The highest BCUT2D eigenvalue weighted by Gasteiger charge is 2.11. The summed E-state index contributed by atoms with van der Waals surface area (Å²) < 4.78 is 5.27. The predicted molar refractivity (Wildman–Crippen MR) is 57.0 cm³/mol. The summed E-state index contributed by atoms with van der Waals surface area (Å²) >= 11 is 0. The van der Waals surface area contributed by atoms with Crippen molar-refractivity contribution in [3.05, 3.63) is 23.9 Å². The van der Waals surface area contributed by atoms with Crippen LogP contribution in [0.15, 0.2) is 18.3 Å². The quantitative estimate of drug-likeness (QED) is 0.681. The number of rotatable bonds is 3. The van der Waals surface area contributed by atoms with E-state index in [4.69, 9.17) is 4.74 Å². The summed E-state index contributed by atoms with van der Waals surface area (Å²) in [4.78, 5) is 16.8. The molecule has 0 amide bonds. The Hall–Kier alpha value is -1.42. The Morgan fingerprint density at radius 2 is 2.20 bits per heavy atom. The molecular weight excluding hydrogens is 192 g/mol. The number of carbonyl (C=O) groups excluding carboxylic acids is 1. The summed E-state index contributed by atoms with van der Waals surface area (Å²) in [5.74, 6) is 0.966. The number of carbonyl (C=O) groups is 1. The fraction of sp³-hybridized carbons (Fsp3) is 0.455. The molecule has 1 saturated heterocycles. The molecule has 0 saturated carbocycles. The number of nitrogens with zero attached hydrogens (tertiary/aromatic N) is 2. The summed E-state index contributed by atoms with van der Waals surface area (Å²) in [6.07, 6.45) is 3.10. The molecule has 0 aliphatic carbocycles. The van der Waals surface area contributed by atoms with Crippen LogP contribution in [-0.4, -0.2) is 37.6 Å². The van der Waals surface area contributed by atoms with E-state index in [1.807, 2.05) is 12.1 Å². The molecule has 0 radical (unpaired) electrons. The van der Waals surface area contributed by atoms with Gasteiger partial charge in [0.15, 0.2) is 0 Å². The second-order valence-electron chi connectivity index (χ2n) is 3.49. The van der Waals surface area contributed by atoms with Crippen LogP contribution >= 0.6 is 0 Å². The molecule has 1 aromatic rings. The first-order valence-electron chi connectivity index (χ1n) is 5.11. The number of anilines is 1. The molecule has 4 nitrogen and oxygen atoms in total. The number of hydrogen-bond donors (Lipinski definition) is 0. The Bertz CT molecular complexity index is 318. The van der Waals surface area contributed by atoms with Crippen molar-refractivity contribution in [3.63, 3.8) is 0 Å². The zero-order valence-corrected chi connectivity index (χ0v) is 8.56. The summed E-state index contributed by atoms with van der Waals surface area (Å²) in [6, 6.07) is 3.91. The summed E-state index contributed by atoms with van der Waals surface area (Å²) in [5.41, 5.74) is 0.960. The molecule has 0 atom stereocenters. The average molecular weight is 206 g/mol. The third kappa shape index (κ3) is 2.53. The molecular formula is C11H14N2O2. The lowest BCUT2D eigenvalue weighted by molar-refractivity contribution is -0.107. The van der Waals surface area contributed by atoms with Crippen LogP contribution in [0.2, 0.25) is 0 Å². The lowest BCUT2D eigenvalue weighted by atomic mass is 10.2. The monoisotopic (exact) mass is 206 g/mol. The Morgan fingerprint density at radius 3 is 2.80 bits per heavy atom. The first kappa shape index (κ1) is 10.1. The van der Waals surface area contributed by atoms with E-state index >= 15 is 0 Å². The van der Waals surface area contributed by atoms with E-state index in [1.54, 1.807) is 6.20 Å². The maximum atomic E-state index is 10.3. The number of hydrogen-bond acceptors (Lipinski definition) is 4. The maximum Gasteiger partial charge on any atom is 0.128 e. The molecule has 15 heavy (non-hydrogen) atoms.